The fourth-order valence-electron chi connectivity index (χ4n) is 3.44. The summed E-state index contributed by atoms with van der Waals surface area (Å²) in [7, 11) is 2.18. The highest BCUT2D eigenvalue weighted by Gasteiger charge is 2.14. The number of fused-ring (bicyclic) bond motifs is 3. The first-order valence-corrected chi connectivity index (χ1v) is 8.56. The third kappa shape index (κ3) is 2.95. The third-order valence-electron chi connectivity index (χ3n) is 5.00. The van der Waals surface area contributed by atoms with Crippen LogP contribution in [0.1, 0.15) is 5.56 Å². The summed E-state index contributed by atoms with van der Waals surface area (Å²) in [5, 5.41) is 2.67. The van der Waals surface area contributed by atoms with Crippen molar-refractivity contribution >= 4 is 21.7 Å². The van der Waals surface area contributed by atoms with Crippen LogP contribution in [0.15, 0.2) is 51.7 Å². The Morgan fingerprint density at radius 2 is 1.75 bits per heavy atom. The van der Waals surface area contributed by atoms with Gasteiger partial charge in [0.25, 0.3) is 0 Å². The molecule has 124 valence electrons. The van der Waals surface area contributed by atoms with Crippen molar-refractivity contribution in [3.8, 4) is 0 Å². The first-order chi connectivity index (χ1) is 11.7. The van der Waals surface area contributed by atoms with E-state index in [2.05, 4.69) is 29.0 Å². The summed E-state index contributed by atoms with van der Waals surface area (Å²) in [4.78, 5) is 17.0. The molecule has 0 atom stereocenters. The summed E-state index contributed by atoms with van der Waals surface area (Å²) >= 11 is 0. The van der Waals surface area contributed by atoms with Crippen LogP contribution in [-0.2, 0) is 6.42 Å². The maximum atomic E-state index is 12.2. The van der Waals surface area contributed by atoms with Crippen molar-refractivity contribution in [2.45, 2.75) is 6.42 Å². The van der Waals surface area contributed by atoms with E-state index in [1.54, 1.807) is 0 Å². The van der Waals surface area contributed by atoms with E-state index in [-0.39, 0.29) is 5.63 Å². The van der Waals surface area contributed by atoms with Crippen LogP contribution in [0.25, 0.3) is 21.7 Å². The van der Waals surface area contributed by atoms with Gasteiger partial charge >= 0.3 is 5.63 Å². The van der Waals surface area contributed by atoms with E-state index in [4.69, 9.17) is 4.42 Å². The van der Waals surface area contributed by atoms with Crippen molar-refractivity contribution in [2.24, 2.45) is 0 Å². The maximum Gasteiger partial charge on any atom is 0.344 e. The summed E-state index contributed by atoms with van der Waals surface area (Å²) < 4.78 is 5.41. The molecule has 3 aromatic rings. The predicted molar refractivity (Wildman–Crippen MR) is 97.6 cm³/mol. The highest BCUT2D eigenvalue weighted by molar-refractivity contribution is 6.04. The van der Waals surface area contributed by atoms with Gasteiger partial charge in [-0.25, -0.2) is 4.79 Å². The Morgan fingerprint density at radius 3 is 2.58 bits per heavy atom. The summed E-state index contributed by atoms with van der Waals surface area (Å²) in [6, 6.07) is 13.9. The van der Waals surface area contributed by atoms with E-state index >= 15 is 0 Å². The Kier molecular flexibility index (Phi) is 4.08. The molecule has 0 unspecified atom stereocenters. The second-order valence-corrected chi connectivity index (χ2v) is 6.66. The molecule has 2 heterocycles. The molecule has 4 heteroatoms. The number of rotatable bonds is 3. The smallest absolute Gasteiger partial charge is 0.344 e. The molecule has 4 rings (SSSR count). The number of para-hydroxylation sites is 1. The first kappa shape index (κ1) is 15.4. The van der Waals surface area contributed by atoms with Crippen molar-refractivity contribution in [3.63, 3.8) is 0 Å². The van der Waals surface area contributed by atoms with Gasteiger partial charge in [-0.05, 0) is 31.2 Å². The van der Waals surface area contributed by atoms with Gasteiger partial charge < -0.3 is 14.2 Å². The Bertz CT molecular complexity index is 924. The largest absolute Gasteiger partial charge is 0.422 e. The van der Waals surface area contributed by atoms with Crippen LogP contribution in [-0.4, -0.2) is 49.6 Å². The lowest BCUT2D eigenvalue weighted by atomic mass is 10.0. The zero-order valence-electron chi connectivity index (χ0n) is 14.0. The molecule has 1 aliphatic rings. The monoisotopic (exact) mass is 322 g/mol. The van der Waals surface area contributed by atoms with Crippen molar-refractivity contribution in [2.75, 3.05) is 39.8 Å². The van der Waals surface area contributed by atoms with Gasteiger partial charge in [0.15, 0.2) is 0 Å². The lowest BCUT2D eigenvalue weighted by Gasteiger charge is -2.32. The molecule has 2 aromatic carbocycles. The quantitative estimate of drug-likeness (QED) is 0.549. The molecular formula is C20H22N2O2. The van der Waals surface area contributed by atoms with Crippen LogP contribution in [0.3, 0.4) is 0 Å². The van der Waals surface area contributed by atoms with Crippen molar-refractivity contribution in [1.29, 1.82) is 0 Å². The predicted octanol–water partition coefficient (Wildman–Crippen LogP) is 2.74. The third-order valence-corrected chi connectivity index (χ3v) is 5.00. The standard InChI is InChI=1S/C20H22N2O2/c1-21-10-12-22(13-11-21)9-8-15-6-7-17-18(14-15)16-4-2-3-5-19(16)24-20(17)23/h2-7,14H,8-13H2,1H3. The second-order valence-electron chi connectivity index (χ2n) is 6.66. The minimum Gasteiger partial charge on any atom is -0.422 e. The van der Waals surface area contributed by atoms with Crippen LogP contribution in [0, 0.1) is 0 Å². The molecule has 1 fully saturated rings. The van der Waals surface area contributed by atoms with Gasteiger partial charge in [-0.2, -0.15) is 0 Å². The SMILES string of the molecule is CN1CCN(CCc2ccc3c(=O)oc4ccccc4c3c2)CC1. The van der Waals surface area contributed by atoms with E-state index in [9.17, 15) is 4.79 Å². The van der Waals surface area contributed by atoms with E-state index in [0.717, 1.165) is 49.9 Å². The van der Waals surface area contributed by atoms with Gasteiger partial charge in [-0.3, -0.25) is 0 Å². The summed E-state index contributed by atoms with van der Waals surface area (Å²) in [6.07, 6.45) is 1.01. The molecule has 0 bridgehead atoms. The zero-order valence-corrected chi connectivity index (χ0v) is 14.0. The molecule has 24 heavy (non-hydrogen) atoms. The van der Waals surface area contributed by atoms with Crippen LogP contribution in [0.4, 0.5) is 0 Å². The molecular weight excluding hydrogens is 300 g/mol. The Hall–Kier alpha value is -2.17. The van der Waals surface area contributed by atoms with Gasteiger partial charge in [0.1, 0.15) is 5.58 Å². The van der Waals surface area contributed by atoms with Crippen LogP contribution >= 0.6 is 0 Å². The zero-order chi connectivity index (χ0) is 16.5. The van der Waals surface area contributed by atoms with Gasteiger partial charge in [-0.1, -0.05) is 30.3 Å². The molecule has 1 aliphatic heterocycles. The molecule has 0 spiro atoms. The number of likely N-dealkylation sites (N-methyl/N-ethyl adjacent to an activating group) is 1. The fourth-order valence-corrected chi connectivity index (χ4v) is 3.44. The molecule has 0 saturated carbocycles. The van der Waals surface area contributed by atoms with E-state index in [0.29, 0.717) is 11.0 Å². The lowest BCUT2D eigenvalue weighted by molar-refractivity contribution is 0.155. The number of benzene rings is 2. The van der Waals surface area contributed by atoms with E-state index < -0.39 is 0 Å². The molecule has 0 aliphatic carbocycles. The summed E-state index contributed by atoms with van der Waals surface area (Å²) in [6.45, 7) is 5.62. The highest BCUT2D eigenvalue weighted by Crippen LogP contribution is 2.23. The summed E-state index contributed by atoms with van der Waals surface area (Å²) in [5.41, 5.74) is 1.68. The molecule has 4 nitrogen and oxygen atoms in total. The van der Waals surface area contributed by atoms with Crippen molar-refractivity contribution in [1.82, 2.24) is 9.80 Å². The first-order valence-electron chi connectivity index (χ1n) is 8.56. The molecule has 0 radical (unpaired) electrons. The molecule has 0 N–H and O–H groups in total. The van der Waals surface area contributed by atoms with Crippen LogP contribution in [0.5, 0.6) is 0 Å². The van der Waals surface area contributed by atoms with Crippen LogP contribution < -0.4 is 5.63 Å². The lowest BCUT2D eigenvalue weighted by Crippen LogP contribution is -2.45. The Morgan fingerprint density at radius 1 is 0.958 bits per heavy atom. The minimum absolute atomic E-state index is 0.255. The highest BCUT2D eigenvalue weighted by atomic mass is 16.4. The Labute approximate surface area is 141 Å². The number of nitrogens with zero attached hydrogens (tertiary/aromatic N) is 2. The van der Waals surface area contributed by atoms with Crippen molar-refractivity contribution < 1.29 is 4.42 Å². The second kappa shape index (κ2) is 6.38. The number of piperazine rings is 1. The normalized spacial score (nSPS) is 16.9. The number of hydrogen-bond donors (Lipinski definition) is 0. The van der Waals surface area contributed by atoms with E-state index in [1.807, 2.05) is 30.3 Å². The average molecular weight is 322 g/mol. The molecule has 0 amide bonds. The number of hydrogen-bond acceptors (Lipinski definition) is 4. The summed E-state index contributed by atoms with van der Waals surface area (Å²) in [5.74, 6) is 0. The van der Waals surface area contributed by atoms with Gasteiger partial charge in [0, 0.05) is 43.5 Å². The minimum atomic E-state index is -0.255. The average Bonchev–Trinajstić information content (AvgIpc) is 2.61. The van der Waals surface area contributed by atoms with Gasteiger partial charge in [0.05, 0.1) is 5.39 Å². The molecule has 1 aromatic heterocycles. The molecule has 1 saturated heterocycles. The topological polar surface area (TPSA) is 36.7 Å². The van der Waals surface area contributed by atoms with E-state index in [1.165, 1.54) is 5.56 Å². The van der Waals surface area contributed by atoms with Crippen molar-refractivity contribution in [3.05, 3.63) is 58.4 Å². The Balaban J connectivity index is 1.63. The van der Waals surface area contributed by atoms with Gasteiger partial charge in [0.2, 0.25) is 0 Å². The maximum absolute atomic E-state index is 12.2. The van der Waals surface area contributed by atoms with Crippen LogP contribution in [0.2, 0.25) is 0 Å². The fraction of sp³-hybridized carbons (Fsp3) is 0.350. The van der Waals surface area contributed by atoms with Gasteiger partial charge in [-0.15, -0.1) is 0 Å².